The van der Waals surface area contributed by atoms with Crippen molar-refractivity contribution in [2.45, 2.75) is 44.6 Å². The maximum atomic E-state index is 12.6. The van der Waals surface area contributed by atoms with Crippen molar-refractivity contribution in [3.8, 4) is 0 Å². The molecule has 1 aliphatic carbocycles. The van der Waals surface area contributed by atoms with Crippen molar-refractivity contribution < 1.29 is 19.5 Å². The number of carboxylic acids is 1. The van der Waals surface area contributed by atoms with Crippen molar-refractivity contribution in [1.29, 1.82) is 0 Å². The molecule has 1 saturated heterocycles. The highest BCUT2D eigenvalue weighted by atomic mass is 16.4. The Hall–Kier alpha value is -2.37. The molecule has 3 rings (SSSR count). The predicted octanol–water partition coefficient (Wildman–Crippen LogP) is 0.910. The van der Waals surface area contributed by atoms with E-state index in [0.717, 1.165) is 18.4 Å². The standard InChI is InChI=1S/C18H22N2O4/c21-16(20-8-7-19-18(24)15(20)11-17(22)23)10-12-5-6-13-3-1-2-4-14(13)9-12/h5-6,9,15H,1-4,7-8,10-11H2,(H,19,24)(H,22,23). The van der Waals surface area contributed by atoms with E-state index in [4.69, 9.17) is 5.11 Å². The minimum atomic E-state index is -1.08. The molecule has 0 radical (unpaired) electrons. The number of piperazine rings is 1. The summed E-state index contributed by atoms with van der Waals surface area (Å²) >= 11 is 0. The van der Waals surface area contributed by atoms with Crippen molar-refractivity contribution in [3.05, 3.63) is 34.9 Å². The van der Waals surface area contributed by atoms with Gasteiger partial charge in [0.15, 0.2) is 0 Å². The molecule has 0 spiro atoms. The van der Waals surface area contributed by atoms with Gasteiger partial charge in [-0.05, 0) is 42.4 Å². The van der Waals surface area contributed by atoms with Crippen LogP contribution in [0.25, 0.3) is 0 Å². The average Bonchev–Trinajstić information content (AvgIpc) is 2.56. The first kappa shape index (κ1) is 16.5. The van der Waals surface area contributed by atoms with Crippen LogP contribution in [0.3, 0.4) is 0 Å². The Kier molecular flexibility index (Phi) is 4.83. The molecule has 1 fully saturated rings. The maximum Gasteiger partial charge on any atom is 0.305 e. The summed E-state index contributed by atoms with van der Waals surface area (Å²) in [6.45, 7) is 0.721. The fourth-order valence-corrected chi connectivity index (χ4v) is 3.55. The lowest BCUT2D eigenvalue weighted by atomic mass is 9.90. The molecule has 6 nitrogen and oxygen atoms in total. The van der Waals surface area contributed by atoms with E-state index in [0.29, 0.717) is 13.1 Å². The molecule has 1 aliphatic heterocycles. The van der Waals surface area contributed by atoms with E-state index < -0.39 is 12.0 Å². The first-order valence-corrected chi connectivity index (χ1v) is 8.44. The Bertz CT molecular complexity index is 671. The highest BCUT2D eigenvalue weighted by molar-refractivity contribution is 5.92. The number of aliphatic carboxylic acids is 1. The lowest BCUT2D eigenvalue weighted by molar-refractivity contribution is -0.148. The van der Waals surface area contributed by atoms with Gasteiger partial charge in [-0.2, -0.15) is 0 Å². The van der Waals surface area contributed by atoms with Crippen molar-refractivity contribution in [1.82, 2.24) is 10.2 Å². The highest BCUT2D eigenvalue weighted by Gasteiger charge is 2.34. The number of aryl methyl sites for hydroxylation is 2. The van der Waals surface area contributed by atoms with Crippen LogP contribution in [0.4, 0.5) is 0 Å². The Morgan fingerprint density at radius 2 is 1.96 bits per heavy atom. The normalized spacial score (nSPS) is 20.2. The van der Waals surface area contributed by atoms with Gasteiger partial charge in [0.1, 0.15) is 6.04 Å². The zero-order valence-electron chi connectivity index (χ0n) is 13.6. The molecule has 0 bridgehead atoms. The number of amides is 2. The third-order valence-electron chi connectivity index (χ3n) is 4.79. The maximum absolute atomic E-state index is 12.6. The number of hydrogen-bond acceptors (Lipinski definition) is 3. The van der Waals surface area contributed by atoms with E-state index in [-0.39, 0.29) is 24.7 Å². The second-order valence-corrected chi connectivity index (χ2v) is 6.48. The van der Waals surface area contributed by atoms with E-state index in [1.54, 1.807) is 0 Å². The summed E-state index contributed by atoms with van der Waals surface area (Å²) in [5.41, 5.74) is 3.60. The molecular formula is C18H22N2O4. The topological polar surface area (TPSA) is 86.7 Å². The van der Waals surface area contributed by atoms with Gasteiger partial charge in [0, 0.05) is 13.1 Å². The molecule has 0 saturated carbocycles. The van der Waals surface area contributed by atoms with Crippen LogP contribution in [0, 0.1) is 0 Å². The number of carbonyl (C=O) groups excluding carboxylic acids is 2. The van der Waals surface area contributed by atoms with Gasteiger partial charge in [-0.25, -0.2) is 0 Å². The number of carbonyl (C=O) groups is 3. The van der Waals surface area contributed by atoms with Gasteiger partial charge in [-0.1, -0.05) is 18.2 Å². The molecule has 128 valence electrons. The molecule has 1 aromatic carbocycles. The minimum Gasteiger partial charge on any atom is -0.481 e. The molecule has 1 heterocycles. The van der Waals surface area contributed by atoms with Crippen molar-refractivity contribution in [3.63, 3.8) is 0 Å². The van der Waals surface area contributed by atoms with Crippen LogP contribution in [-0.2, 0) is 33.6 Å². The molecule has 1 atom stereocenters. The fourth-order valence-electron chi connectivity index (χ4n) is 3.55. The predicted molar refractivity (Wildman–Crippen MR) is 87.6 cm³/mol. The summed E-state index contributed by atoms with van der Waals surface area (Å²) in [4.78, 5) is 36.9. The zero-order valence-corrected chi connectivity index (χ0v) is 13.6. The second-order valence-electron chi connectivity index (χ2n) is 6.48. The Morgan fingerprint density at radius 1 is 1.21 bits per heavy atom. The van der Waals surface area contributed by atoms with E-state index in [1.165, 1.54) is 28.9 Å². The van der Waals surface area contributed by atoms with Crippen molar-refractivity contribution in [2.75, 3.05) is 13.1 Å². The lowest BCUT2D eigenvalue weighted by Gasteiger charge is -2.34. The molecule has 1 aromatic rings. The number of nitrogens with one attached hydrogen (secondary N) is 1. The number of carboxylic acid groups (broad SMARTS) is 1. The summed E-state index contributed by atoms with van der Waals surface area (Å²) in [6, 6.07) is 5.23. The Morgan fingerprint density at radius 3 is 2.71 bits per heavy atom. The second kappa shape index (κ2) is 7.03. The largest absolute Gasteiger partial charge is 0.481 e. The van der Waals surface area contributed by atoms with E-state index in [9.17, 15) is 14.4 Å². The zero-order chi connectivity index (χ0) is 17.1. The lowest BCUT2D eigenvalue weighted by Crippen LogP contribution is -2.58. The number of nitrogens with zero attached hydrogens (tertiary/aromatic N) is 1. The highest BCUT2D eigenvalue weighted by Crippen LogP contribution is 2.23. The van der Waals surface area contributed by atoms with Gasteiger partial charge >= 0.3 is 5.97 Å². The van der Waals surface area contributed by atoms with Crippen LogP contribution in [0.15, 0.2) is 18.2 Å². The molecule has 2 amide bonds. The van der Waals surface area contributed by atoms with Crippen LogP contribution < -0.4 is 5.32 Å². The summed E-state index contributed by atoms with van der Waals surface area (Å²) in [5.74, 6) is -1.65. The molecular weight excluding hydrogens is 308 g/mol. The van der Waals surface area contributed by atoms with Gasteiger partial charge in [-0.3, -0.25) is 14.4 Å². The molecule has 6 heteroatoms. The fraction of sp³-hybridized carbons (Fsp3) is 0.500. The van der Waals surface area contributed by atoms with Crippen LogP contribution in [-0.4, -0.2) is 46.9 Å². The first-order valence-electron chi connectivity index (χ1n) is 8.44. The third kappa shape index (κ3) is 3.58. The number of hydrogen-bond donors (Lipinski definition) is 2. The summed E-state index contributed by atoms with van der Waals surface area (Å²) in [6.07, 6.45) is 4.38. The van der Waals surface area contributed by atoms with E-state index in [1.807, 2.05) is 6.07 Å². The SMILES string of the molecule is O=C(O)CC1C(=O)NCCN1C(=O)Cc1ccc2c(c1)CCCC2. The van der Waals surface area contributed by atoms with E-state index >= 15 is 0 Å². The van der Waals surface area contributed by atoms with Crippen LogP contribution in [0.2, 0.25) is 0 Å². The van der Waals surface area contributed by atoms with Gasteiger partial charge in [0.25, 0.3) is 0 Å². The first-order chi connectivity index (χ1) is 11.5. The number of benzene rings is 1. The third-order valence-corrected chi connectivity index (χ3v) is 4.79. The Labute approximate surface area is 140 Å². The minimum absolute atomic E-state index is 0.188. The van der Waals surface area contributed by atoms with Crippen LogP contribution in [0.5, 0.6) is 0 Å². The Balaban J connectivity index is 1.73. The number of rotatable bonds is 4. The molecule has 2 aliphatic rings. The van der Waals surface area contributed by atoms with Gasteiger partial charge in [0.2, 0.25) is 11.8 Å². The van der Waals surface area contributed by atoms with Crippen molar-refractivity contribution >= 4 is 17.8 Å². The summed E-state index contributed by atoms with van der Waals surface area (Å²) < 4.78 is 0. The van der Waals surface area contributed by atoms with Crippen molar-refractivity contribution in [2.24, 2.45) is 0 Å². The monoisotopic (exact) mass is 330 g/mol. The number of fused-ring (bicyclic) bond motifs is 1. The smallest absolute Gasteiger partial charge is 0.305 e. The van der Waals surface area contributed by atoms with Crippen LogP contribution >= 0.6 is 0 Å². The quantitative estimate of drug-likeness (QED) is 0.859. The average molecular weight is 330 g/mol. The molecule has 2 N–H and O–H groups in total. The van der Waals surface area contributed by atoms with Gasteiger partial charge in [-0.15, -0.1) is 0 Å². The van der Waals surface area contributed by atoms with E-state index in [2.05, 4.69) is 17.4 Å². The summed E-state index contributed by atoms with van der Waals surface area (Å²) in [5, 5.41) is 11.6. The summed E-state index contributed by atoms with van der Waals surface area (Å²) in [7, 11) is 0. The molecule has 1 unspecified atom stereocenters. The van der Waals surface area contributed by atoms with Gasteiger partial charge < -0.3 is 15.3 Å². The molecule has 0 aromatic heterocycles. The van der Waals surface area contributed by atoms with Gasteiger partial charge in [0.05, 0.1) is 12.8 Å². The van der Waals surface area contributed by atoms with Crippen LogP contribution in [0.1, 0.15) is 36.0 Å². The molecule has 24 heavy (non-hydrogen) atoms.